The van der Waals surface area contributed by atoms with E-state index in [9.17, 15) is 4.79 Å². The number of ether oxygens (including phenoxy) is 2. The molecule has 0 amide bonds. The Morgan fingerprint density at radius 1 is 0.970 bits per heavy atom. The van der Waals surface area contributed by atoms with Crippen molar-refractivity contribution in [1.29, 1.82) is 0 Å². The molecule has 4 rings (SSSR count). The minimum atomic E-state index is 0.0234. The standard InChI is InChI=1S/C26H38Cl2N2O3/c1-2-32-26(31)22-5-3-4-6-25(22)30-15-9-19(10-16-30)18-29-13-11-20(12-14-29)33-21-7-8-23(27)24(28)17-21/h7-8,17,19-20,22,25H,2-6,9-16,18H2,1H3/t22-,25+/m0/s1. The van der Waals surface area contributed by atoms with Crippen LogP contribution in [0.1, 0.15) is 58.3 Å². The van der Waals surface area contributed by atoms with Gasteiger partial charge < -0.3 is 14.4 Å². The van der Waals surface area contributed by atoms with Crippen molar-refractivity contribution in [2.45, 2.75) is 70.4 Å². The lowest BCUT2D eigenvalue weighted by molar-refractivity contribution is -0.152. The largest absolute Gasteiger partial charge is 0.490 e. The van der Waals surface area contributed by atoms with E-state index in [2.05, 4.69) is 9.80 Å². The number of nitrogens with zero attached hydrogens (tertiary/aromatic N) is 2. The average Bonchev–Trinajstić information content (AvgIpc) is 2.83. The minimum absolute atomic E-state index is 0.0234. The summed E-state index contributed by atoms with van der Waals surface area (Å²) in [6.07, 6.45) is 9.30. The summed E-state index contributed by atoms with van der Waals surface area (Å²) in [4.78, 5) is 17.7. The first-order valence-corrected chi connectivity index (χ1v) is 13.5. The van der Waals surface area contributed by atoms with Gasteiger partial charge in [-0.25, -0.2) is 0 Å². The fraction of sp³-hybridized carbons (Fsp3) is 0.731. The first kappa shape index (κ1) is 25.1. The lowest BCUT2D eigenvalue weighted by atomic mass is 9.82. The zero-order chi connectivity index (χ0) is 23.2. The van der Waals surface area contributed by atoms with Crippen LogP contribution in [-0.4, -0.2) is 67.2 Å². The van der Waals surface area contributed by atoms with Gasteiger partial charge in [0.1, 0.15) is 11.9 Å². The molecule has 0 unspecified atom stereocenters. The van der Waals surface area contributed by atoms with Gasteiger partial charge >= 0.3 is 5.97 Å². The van der Waals surface area contributed by atoms with E-state index < -0.39 is 0 Å². The van der Waals surface area contributed by atoms with Gasteiger partial charge in [0.15, 0.2) is 0 Å². The molecule has 0 spiro atoms. The van der Waals surface area contributed by atoms with Gasteiger partial charge in [0.2, 0.25) is 0 Å². The molecular formula is C26H38Cl2N2O3. The molecule has 0 bridgehead atoms. The third kappa shape index (κ3) is 6.78. The van der Waals surface area contributed by atoms with Crippen molar-refractivity contribution < 1.29 is 14.3 Å². The Hall–Kier alpha value is -1.01. The zero-order valence-corrected chi connectivity index (χ0v) is 21.3. The molecular weight excluding hydrogens is 459 g/mol. The molecule has 0 radical (unpaired) electrons. The van der Waals surface area contributed by atoms with E-state index in [1.54, 1.807) is 6.07 Å². The number of hydrogen-bond donors (Lipinski definition) is 0. The SMILES string of the molecule is CCOC(=O)[C@H]1CCCC[C@H]1N1CCC(CN2CCC(Oc3ccc(Cl)c(Cl)c3)CC2)CC1. The molecule has 184 valence electrons. The number of benzene rings is 1. The second kappa shape index (κ2) is 12.1. The van der Waals surface area contributed by atoms with E-state index in [-0.39, 0.29) is 18.0 Å². The summed E-state index contributed by atoms with van der Waals surface area (Å²) in [7, 11) is 0. The van der Waals surface area contributed by atoms with E-state index in [0.717, 1.165) is 70.0 Å². The summed E-state index contributed by atoms with van der Waals surface area (Å²) in [5.41, 5.74) is 0. The fourth-order valence-electron chi connectivity index (χ4n) is 5.86. The predicted molar refractivity (Wildman–Crippen MR) is 133 cm³/mol. The Kier molecular flexibility index (Phi) is 9.20. The molecule has 33 heavy (non-hydrogen) atoms. The fourth-order valence-corrected chi connectivity index (χ4v) is 6.15. The van der Waals surface area contributed by atoms with E-state index in [1.165, 1.54) is 25.8 Å². The number of likely N-dealkylation sites (tertiary alicyclic amines) is 2. The molecule has 1 aliphatic carbocycles. The summed E-state index contributed by atoms with van der Waals surface area (Å²) in [5.74, 6) is 1.65. The summed E-state index contributed by atoms with van der Waals surface area (Å²) >= 11 is 12.1. The molecule has 1 aromatic carbocycles. The highest BCUT2D eigenvalue weighted by molar-refractivity contribution is 6.42. The second-order valence-corrected chi connectivity index (χ2v) is 10.7. The Morgan fingerprint density at radius 2 is 1.70 bits per heavy atom. The van der Waals surface area contributed by atoms with Gasteiger partial charge in [0, 0.05) is 31.7 Å². The molecule has 1 saturated carbocycles. The average molecular weight is 498 g/mol. The lowest BCUT2D eigenvalue weighted by Crippen LogP contribution is -2.50. The quantitative estimate of drug-likeness (QED) is 0.454. The van der Waals surface area contributed by atoms with Gasteiger partial charge in [-0.05, 0) is 76.6 Å². The van der Waals surface area contributed by atoms with Crippen LogP contribution in [0, 0.1) is 11.8 Å². The van der Waals surface area contributed by atoms with Gasteiger partial charge in [0.05, 0.1) is 22.6 Å². The molecule has 2 saturated heterocycles. The highest BCUT2D eigenvalue weighted by atomic mass is 35.5. The smallest absolute Gasteiger partial charge is 0.310 e. The van der Waals surface area contributed by atoms with Crippen LogP contribution < -0.4 is 4.74 Å². The van der Waals surface area contributed by atoms with Crippen LogP contribution >= 0.6 is 23.2 Å². The minimum Gasteiger partial charge on any atom is -0.490 e. The molecule has 3 aliphatic rings. The van der Waals surface area contributed by atoms with Gasteiger partial charge in [-0.15, -0.1) is 0 Å². The Bertz CT molecular complexity index is 777. The Morgan fingerprint density at radius 3 is 2.39 bits per heavy atom. The summed E-state index contributed by atoms with van der Waals surface area (Å²) in [6, 6.07) is 5.88. The van der Waals surface area contributed by atoms with Crippen molar-refractivity contribution in [1.82, 2.24) is 9.80 Å². The van der Waals surface area contributed by atoms with Crippen LogP contribution in [0.4, 0.5) is 0 Å². The van der Waals surface area contributed by atoms with Crippen LogP contribution in [-0.2, 0) is 9.53 Å². The zero-order valence-electron chi connectivity index (χ0n) is 19.8. The maximum atomic E-state index is 12.5. The maximum Gasteiger partial charge on any atom is 0.310 e. The topological polar surface area (TPSA) is 42.0 Å². The highest BCUT2D eigenvalue weighted by Gasteiger charge is 2.37. The molecule has 0 N–H and O–H groups in total. The monoisotopic (exact) mass is 496 g/mol. The highest BCUT2D eigenvalue weighted by Crippen LogP contribution is 2.33. The van der Waals surface area contributed by atoms with Gasteiger partial charge in [-0.1, -0.05) is 36.0 Å². The molecule has 3 fully saturated rings. The number of rotatable bonds is 7. The summed E-state index contributed by atoms with van der Waals surface area (Å²) < 4.78 is 11.5. The van der Waals surface area contributed by atoms with E-state index in [0.29, 0.717) is 22.7 Å². The number of esters is 1. The van der Waals surface area contributed by atoms with Crippen molar-refractivity contribution in [3.63, 3.8) is 0 Å². The predicted octanol–water partition coefficient (Wildman–Crippen LogP) is 5.67. The number of halogens is 2. The summed E-state index contributed by atoms with van der Waals surface area (Å²) in [6.45, 7) is 7.96. The van der Waals surface area contributed by atoms with Gasteiger partial charge in [0.25, 0.3) is 0 Å². The van der Waals surface area contributed by atoms with Crippen LogP contribution in [0.5, 0.6) is 5.75 Å². The van der Waals surface area contributed by atoms with Crippen LogP contribution in [0.25, 0.3) is 0 Å². The molecule has 7 heteroatoms. The van der Waals surface area contributed by atoms with E-state index >= 15 is 0 Å². The third-order valence-corrected chi connectivity index (χ3v) is 8.42. The maximum absolute atomic E-state index is 12.5. The molecule has 5 nitrogen and oxygen atoms in total. The second-order valence-electron chi connectivity index (χ2n) is 9.88. The van der Waals surface area contributed by atoms with Crippen LogP contribution in [0.15, 0.2) is 18.2 Å². The molecule has 2 heterocycles. The Labute approximate surface area is 208 Å². The van der Waals surface area contributed by atoms with Crippen LogP contribution in [0.2, 0.25) is 10.0 Å². The van der Waals surface area contributed by atoms with Crippen LogP contribution in [0.3, 0.4) is 0 Å². The van der Waals surface area contributed by atoms with Gasteiger partial charge in [-0.2, -0.15) is 0 Å². The number of piperidine rings is 2. The van der Waals surface area contributed by atoms with Crippen molar-refractivity contribution in [2.24, 2.45) is 11.8 Å². The normalized spacial score (nSPS) is 26.3. The van der Waals surface area contributed by atoms with Crippen molar-refractivity contribution in [3.05, 3.63) is 28.2 Å². The van der Waals surface area contributed by atoms with Crippen molar-refractivity contribution in [3.8, 4) is 5.75 Å². The van der Waals surface area contributed by atoms with E-state index in [1.807, 2.05) is 19.1 Å². The number of carbonyl (C=O) groups excluding carboxylic acids is 1. The third-order valence-electron chi connectivity index (χ3n) is 7.68. The first-order valence-electron chi connectivity index (χ1n) is 12.8. The molecule has 2 aliphatic heterocycles. The van der Waals surface area contributed by atoms with E-state index in [4.69, 9.17) is 32.7 Å². The summed E-state index contributed by atoms with van der Waals surface area (Å²) in [5, 5.41) is 1.10. The molecule has 1 aromatic rings. The Balaban J connectivity index is 1.19. The number of carbonyl (C=O) groups is 1. The van der Waals surface area contributed by atoms with Gasteiger partial charge in [-0.3, -0.25) is 9.69 Å². The van der Waals surface area contributed by atoms with Crippen molar-refractivity contribution in [2.75, 3.05) is 39.3 Å². The van der Waals surface area contributed by atoms with Crippen molar-refractivity contribution >= 4 is 29.2 Å². The molecule has 0 aromatic heterocycles. The first-order chi connectivity index (χ1) is 16.0. The lowest BCUT2D eigenvalue weighted by Gasteiger charge is -2.43. The number of hydrogen-bond acceptors (Lipinski definition) is 5. The molecule has 2 atom stereocenters.